The van der Waals surface area contributed by atoms with Crippen LogP contribution in [0.3, 0.4) is 0 Å². The van der Waals surface area contributed by atoms with Crippen molar-refractivity contribution in [3.8, 4) is 0 Å². The molecular formula is C7H12O6. The molecule has 13 heavy (non-hydrogen) atoms. The highest BCUT2D eigenvalue weighted by Crippen LogP contribution is 1.91. The molecule has 3 N–H and O–H groups in total. The van der Waals surface area contributed by atoms with Crippen molar-refractivity contribution >= 4 is 11.8 Å². The molecule has 6 nitrogen and oxygen atoms in total. The number of carbonyl (C=O) groups is 2. The first-order valence-corrected chi connectivity index (χ1v) is 3.67. The molecule has 76 valence electrons. The predicted octanol–water partition coefficient (Wildman–Crippen LogP) is -2.17. The fourth-order valence-electron chi connectivity index (χ4n) is 0.486. The largest absolute Gasteiger partial charge is 0.457 e. The first-order chi connectivity index (χ1) is 5.99. The van der Waals surface area contributed by atoms with Crippen molar-refractivity contribution in [2.24, 2.45) is 0 Å². The molecule has 0 amide bonds. The van der Waals surface area contributed by atoms with Gasteiger partial charge < -0.3 is 20.1 Å². The Morgan fingerprint density at radius 1 is 1.38 bits per heavy atom. The number of ketones is 1. The maximum absolute atomic E-state index is 10.7. The zero-order chi connectivity index (χ0) is 10.4. The van der Waals surface area contributed by atoms with E-state index >= 15 is 0 Å². The molecule has 0 radical (unpaired) electrons. The summed E-state index contributed by atoms with van der Waals surface area (Å²) in [6.07, 6.45) is -2.62. The van der Waals surface area contributed by atoms with Gasteiger partial charge in [-0.15, -0.1) is 0 Å². The second kappa shape index (κ2) is 5.63. The maximum Gasteiger partial charge on any atom is 0.377 e. The summed E-state index contributed by atoms with van der Waals surface area (Å²) in [4.78, 5) is 21.4. The van der Waals surface area contributed by atoms with Gasteiger partial charge in [0.2, 0.25) is 0 Å². The number of aliphatic hydroxyl groups excluding tert-OH is 3. The van der Waals surface area contributed by atoms with Crippen LogP contribution in [0.4, 0.5) is 0 Å². The normalized spacial score (nSPS) is 14.8. The standard InChI is InChI=1S/C7H12O6/c1-4(9)3-13-7(12)6(11)5(10)2-8/h4-5,8-10H,2-3H2,1H3. The highest BCUT2D eigenvalue weighted by Gasteiger charge is 2.24. The van der Waals surface area contributed by atoms with Crippen molar-refractivity contribution in [1.29, 1.82) is 0 Å². The molecule has 0 aromatic carbocycles. The van der Waals surface area contributed by atoms with Crippen molar-refractivity contribution in [2.45, 2.75) is 19.1 Å². The quantitative estimate of drug-likeness (QED) is 0.338. The Morgan fingerprint density at radius 2 is 1.92 bits per heavy atom. The van der Waals surface area contributed by atoms with Crippen LogP contribution in [0.1, 0.15) is 6.92 Å². The molecule has 2 unspecified atom stereocenters. The van der Waals surface area contributed by atoms with E-state index in [1.54, 1.807) is 0 Å². The van der Waals surface area contributed by atoms with Gasteiger partial charge in [0.25, 0.3) is 5.78 Å². The van der Waals surface area contributed by atoms with E-state index < -0.39 is 30.6 Å². The van der Waals surface area contributed by atoms with Crippen molar-refractivity contribution in [2.75, 3.05) is 13.2 Å². The summed E-state index contributed by atoms with van der Waals surface area (Å²) >= 11 is 0. The van der Waals surface area contributed by atoms with Crippen LogP contribution >= 0.6 is 0 Å². The lowest BCUT2D eigenvalue weighted by Gasteiger charge is -2.07. The van der Waals surface area contributed by atoms with E-state index in [0.29, 0.717) is 0 Å². The molecule has 0 spiro atoms. The monoisotopic (exact) mass is 192 g/mol. The molecule has 0 bridgehead atoms. The van der Waals surface area contributed by atoms with E-state index in [2.05, 4.69) is 4.74 Å². The molecule has 0 aromatic rings. The SMILES string of the molecule is CC(O)COC(=O)C(=O)C(O)CO. The van der Waals surface area contributed by atoms with Crippen LogP contribution in [0.25, 0.3) is 0 Å². The van der Waals surface area contributed by atoms with Crippen LogP contribution in [0.2, 0.25) is 0 Å². The fourth-order valence-corrected chi connectivity index (χ4v) is 0.486. The molecule has 0 saturated carbocycles. The van der Waals surface area contributed by atoms with Crippen LogP contribution in [0.5, 0.6) is 0 Å². The molecule has 0 aliphatic carbocycles. The van der Waals surface area contributed by atoms with Gasteiger partial charge in [-0.2, -0.15) is 0 Å². The highest BCUT2D eigenvalue weighted by atomic mass is 16.5. The Morgan fingerprint density at radius 3 is 2.31 bits per heavy atom. The number of hydrogen-bond acceptors (Lipinski definition) is 6. The molecule has 0 heterocycles. The summed E-state index contributed by atoms with van der Waals surface area (Å²) in [6, 6.07) is 0. The third-order valence-corrected chi connectivity index (χ3v) is 1.13. The van der Waals surface area contributed by atoms with Gasteiger partial charge >= 0.3 is 5.97 Å². The highest BCUT2D eigenvalue weighted by molar-refractivity contribution is 6.35. The van der Waals surface area contributed by atoms with E-state index in [-0.39, 0.29) is 6.61 Å². The average molecular weight is 192 g/mol. The van der Waals surface area contributed by atoms with Crippen LogP contribution in [-0.4, -0.2) is 52.5 Å². The predicted molar refractivity (Wildman–Crippen MR) is 40.7 cm³/mol. The molecule has 0 saturated heterocycles. The molecular weight excluding hydrogens is 180 g/mol. The van der Waals surface area contributed by atoms with E-state index in [9.17, 15) is 9.59 Å². The minimum absolute atomic E-state index is 0.317. The number of ether oxygens (including phenoxy) is 1. The van der Waals surface area contributed by atoms with Crippen molar-refractivity contribution < 1.29 is 29.6 Å². The summed E-state index contributed by atoms with van der Waals surface area (Å²) < 4.78 is 4.28. The lowest BCUT2D eigenvalue weighted by Crippen LogP contribution is -2.33. The van der Waals surface area contributed by atoms with Crippen LogP contribution in [0.15, 0.2) is 0 Å². The Bertz CT molecular complexity index is 187. The van der Waals surface area contributed by atoms with Gasteiger partial charge in [0.05, 0.1) is 12.7 Å². The van der Waals surface area contributed by atoms with Gasteiger partial charge in [0.1, 0.15) is 12.7 Å². The second-order valence-electron chi connectivity index (χ2n) is 2.51. The van der Waals surface area contributed by atoms with Crippen LogP contribution < -0.4 is 0 Å². The maximum atomic E-state index is 10.7. The number of carbonyl (C=O) groups excluding carboxylic acids is 2. The van der Waals surface area contributed by atoms with Gasteiger partial charge in [-0.05, 0) is 6.92 Å². The van der Waals surface area contributed by atoms with E-state index in [1.165, 1.54) is 6.92 Å². The number of Topliss-reactive ketones (excluding diaryl/α,β-unsaturated/α-hetero) is 1. The van der Waals surface area contributed by atoms with Gasteiger partial charge in [-0.1, -0.05) is 0 Å². The van der Waals surface area contributed by atoms with E-state index in [1.807, 2.05) is 0 Å². The number of esters is 1. The van der Waals surface area contributed by atoms with Crippen molar-refractivity contribution in [3.05, 3.63) is 0 Å². The molecule has 0 fully saturated rings. The minimum Gasteiger partial charge on any atom is -0.457 e. The van der Waals surface area contributed by atoms with Gasteiger partial charge in [-0.25, -0.2) is 4.79 Å². The Kier molecular flexibility index (Phi) is 5.20. The smallest absolute Gasteiger partial charge is 0.377 e. The summed E-state index contributed by atoms with van der Waals surface area (Å²) in [5.41, 5.74) is 0. The minimum atomic E-state index is -1.75. The zero-order valence-corrected chi connectivity index (χ0v) is 7.14. The number of hydrogen-bond donors (Lipinski definition) is 3. The van der Waals surface area contributed by atoms with Crippen LogP contribution in [-0.2, 0) is 14.3 Å². The topological polar surface area (TPSA) is 104 Å². The fraction of sp³-hybridized carbons (Fsp3) is 0.714. The molecule has 0 aromatic heterocycles. The Balaban J connectivity index is 3.90. The molecule has 0 aliphatic rings. The third-order valence-electron chi connectivity index (χ3n) is 1.13. The number of rotatable bonds is 5. The lowest BCUT2D eigenvalue weighted by molar-refractivity contribution is -0.160. The zero-order valence-electron chi connectivity index (χ0n) is 7.14. The van der Waals surface area contributed by atoms with Crippen LogP contribution in [0, 0.1) is 0 Å². The Labute approximate surface area is 74.7 Å². The summed E-state index contributed by atoms with van der Waals surface area (Å²) in [7, 11) is 0. The summed E-state index contributed by atoms with van der Waals surface area (Å²) in [6.45, 7) is 0.228. The van der Waals surface area contributed by atoms with E-state index in [0.717, 1.165) is 0 Å². The first kappa shape index (κ1) is 12.0. The molecule has 2 atom stereocenters. The third kappa shape index (κ3) is 4.56. The molecule has 0 rings (SSSR count). The summed E-state index contributed by atoms with van der Waals surface area (Å²) in [5, 5.41) is 25.7. The lowest BCUT2D eigenvalue weighted by atomic mass is 10.2. The van der Waals surface area contributed by atoms with E-state index in [4.69, 9.17) is 15.3 Å². The average Bonchev–Trinajstić information content (AvgIpc) is 2.11. The van der Waals surface area contributed by atoms with Gasteiger partial charge in [0, 0.05) is 0 Å². The molecule has 6 heteroatoms. The van der Waals surface area contributed by atoms with Gasteiger partial charge in [-0.3, -0.25) is 4.79 Å². The van der Waals surface area contributed by atoms with Crippen molar-refractivity contribution in [1.82, 2.24) is 0 Å². The first-order valence-electron chi connectivity index (χ1n) is 3.67. The molecule has 0 aliphatic heterocycles. The number of aliphatic hydroxyl groups is 3. The summed E-state index contributed by atoms with van der Waals surface area (Å²) in [5.74, 6) is -2.48. The van der Waals surface area contributed by atoms with Gasteiger partial charge in [0.15, 0.2) is 0 Å². The second-order valence-corrected chi connectivity index (χ2v) is 2.51. The Hall–Kier alpha value is -0.980. The van der Waals surface area contributed by atoms with Crippen molar-refractivity contribution in [3.63, 3.8) is 0 Å².